The van der Waals surface area contributed by atoms with Crippen LogP contribution in [0.5, 0.6) is 5.75 Å². The molecule has 0 saturated carbocycles. The zero-order valence-electron chi connectivity index (χ0n) is 13.9. The number of halogens is 1. The molecule has 4 rings (SSSR count). The lowest BCUT2D eigenvalue weighted by atomic mass is 9.96. The largest absolute Gasteiger partial charge is 0.507 e. The summed E-state index contributed by atoms with van der Waals surface area (Å²) >= 11 is 0. The molecule has 0 saturated heterocycles. The fourth-order valence-electron chi connectivity index (χ4n) is 3.32. The molecule has 1 aliphatic rings. The number of hydrogen-bond acceptors (Lipinski definition) is 4. The van der Waals surface area contributed by atoms with E-state index in [4.69, 9.17) is 4.52 Å². The number of rotatable bonds is 2. The molecule has 2 heterocycles. The first-order valence-corrected chi connectivity index (χ1v) is 8.12. The van der Waals surface area contributed by atoms with Gasteiger partial charge in [0.1, 0.15) is 11.6 Å². The molecule has 3 aromatic rings. The molecular formula is C19H17FN2O3. The highest BCUT2D eigenvalue weighted by Gasteiger charge is 2.28. The number of nitrogens with zero attached hydrogens (tertiary/aromatic N) is 2. The number of amides is 1. The molecule has 0 spiro atoms. The van der Waals surface area contributed by atoms with Gasteiger partial charge in [-0.3, -0.25) is 4.79 Å². The zero-order valence-corrected chi connectivity index (χ0v) is 13.9. The first-order valence-electron chi connectivity index (χ1n) is 8.12. The third-order valence-corrected chi connectivity index (χ3v) is 4.67. The molecule has 128 valence electrons. The van der Waals surface area contributed by atoms with Gasteiger partial charge in [-0.25, -0.2) is 4.39 Å². The smallest absolute Gasteiger partial charge is 0.258 e. The van der Waals surface area contributed by atoms with E-state index in [1.165, 1.54) is 18.3 Å². The van der Waals surface area contributed by atoms with Crippen molar-refractivity contribution >= 4 is 16.9 Å². The van der Waals surface area contributed by atoms with Gasteiger partial charge in [0, 0.05) is 13.1 Å². The van der Waals surface area contributed by atoms with Gasteiger partial charge in [-0.05, 0) is 40.8 Å². The summed E-state index contributed by atoms with van der Waals surface area (Å²) in [5, 5.41) is 14.5. The van der Waals surface area contributed by atoms with E-state index in [0.29, 0.717) is 29.6 Å². The predicted molar refractivity (Wildman–Crippen MR) is 89.7 cm³/mol. The molecule has 0 fully saturated rings. The van der Waals surface area contributed by atoms with Crippen molar-refractivity contribution in [3.8, 4) is 5.75 Å². The van der Waals surface area contributed by atoms with E-state index in [-0.39, 0.29) is 29.0 Å². The molecule has 0 atom stereocenters. The van der Waals surface area contributed by atoms with Crippen LogP contribution in [0.2, 0.25) is 0 Å². The number of benzene rings is 2. The Bertz CT molecular complexity index is 994. The van der Waals surface area contributed by atoms with Gasteiger partial charge in [0.25, 0.3) is 5.91 Å². The molecule has 25 heavy (non-hydrogen) atoms. The van der Waals surface area contributed by atoms with E-state index in [1.807, 2.05) is 13.8 Å². The molecule has 0 bridgehead atoms. The second kappa shape index (κ2) is 5.58. The Morgan fingerprint density at radius 2 is 2.04 bits per heavy atom. The Balaban J connectivity index is 1.76. The fraction of sp³-hybridized carbons (Fsp3) is 0.263. The number of carbonyl (C=O) groups excluding carboxylic acids is 1. The van der Waals surface area contributed by atoms with Crippen molar-refractivity contribution < 1.29 is 18.8 Å². The van der Waals surface area contributed by atoms with Gasteiger partial charge in [0.05, 0.1) is 17.1 Å². The Hall–Kier alpha value is -2.89. The molecule has 1 N–H and O–H groups in total. The summed E-state index contributed by atoms with van der Waals surface area (Å²) < 4.78 is 18.6. The van der Waals surface area contributed by atoms with Crippen molar-refractivity contribution in [1.82, 2.24) is 10.1 Å². The number of carbonyl (C=O) groups is 1. The Kier molecular flexibility index (Phi) is 3.49. The summed E-state index contributed by atoms with van der Waals surface area (Å²) in [7, 11) is 0. The molecule has 1 aliphatic heterocycles. The van der Waals surface area contributed by atoms with E-state index in [2.05, 4.69) is 5.16 Å². The average molecular weight is 340 g/mol. The maximum absolute atomic E-state index is 13.4. The Morgan fingerprint density at radius 3 is 2.80 bits per heavy atom. The minimum absolute atomic E-state index is 0.0377. The molecule has 1 amide bonds. The van der Waals surface area contributed by atoms with Gasteiger partial charge >= 0.3 is 0 Å². The van der Waals surface area contributed by atoms with Crippen LogP contribution in [-0.2, 0) is 13.1 Å². The van der Waals surface area contributed by atoms with Crippen LogP contribution in [0.4, 0.5) is 4.39 Å². The van der Waals surface area contributed by atoms with Crippen molar-refractivity contribution in [3.63, 3.8) is 0 Å². The van der Waals surface area contributed by atoms with Crippen LogP contribution < -0.4 is 0 Å². The lowest BCUT2D eigenvalue weighted by Crippen LogP contribution is -2.25. The van der Waals surface area contributed by atoms with Crippen LogP contribution in [0.1, 0.15) is 46.8 Å². The summed E-state index contributed by atoms with van der Waals surface area (Å²) in [6, 6.07) is 6.24. The number of phenolic OH excluding ortho intramolecular Hbond substituents is 1. The highest BCUT2D eigenvalue weighted by molar-refractivity contribution is 6.06. The van der Waals surface area contributed by atoms with E-state index in [1.54, 1.807) is 17.0 Å². The van der Waals surface area contributed by atoms with Gasteiger partial charge in [-0.2, -0.15) is 0 Å². The summed E-state index contributed by atoms with van der Waals surface area (Å²) in [6.45, 7) is 4.65. The van der Waals surface area contributed by atoms with Crippen LogP contribution in [0.3, 0.4) is 0 Å². The number of phenols is 1. The fourth-order valence-corrected chi connectivity index (χ4v) is 3.32. The van der Waals surface area contributed by atoms with Gasteiger partial charge in [0.2, 0.25) is 0 Å². The van der Waals surface area contributed by atoms with Crippen LogP contribution in [-0.4, -0.2) is 21.1 Å². The van der Waals surface area contributed by atoms with E-state index < -0.39 is 0 Å². The minimum atomic E-state index is -0.308. The van der Waals surface area contributed by atoms with Crippen molar-refractivity contribution in [2.45, 2.75) is 32.9 Å². The number of fused-ring (bicyclic) bond motifs is 2. The first kappa shape index (κ1) is 15.6. The lowest BCUT2D eigenvalue weighted by Gasteiger charge is -2.17. The van der Waals surface area contributed by atoms with Crippen molar-refractivity contribution in [3.05, 3.63) is 58.5 Å². The molecule has 6 heteroatoms. The molecule has 0 aliphatic carbocycles. The molecule has 1 aromatic heterocycles. The van der Waals surface area contributed by atoms with Crippen LogP contribution in [0.15, 0.2) is 35.0 Å². The summed E-state index contributed by atoms with van der Waals surface area (Å²) in [5.74, 6) is -0.400. The molecule has 5 nitrogen and oxygen atoms in total. The highest BCUT2D eigenvalue weighted by Crippen LogP contribution is 2.37. The maximum Gasteiger partial charge on any atom is 0.258 e. The first-order chi connectivity index (χ1) is 12.0. The second-order valence-corrected chi connectivity index (χ2v) is 6.66. The second-order valence-electron chi connectivity index (χ2n) is 6.66. The predicted octanol–water partition coefficient (Wildman–Crippen LogP) is 3.95. The van der Waals surface area contributed by atoms with Crippen LogP contribution >= 0.6 is 0 Å². The van der Waals surface area contributed by atoms with E-state index >= 15 is 0 Å². The van der Waals surface area contributed by atoms with Crippen molar-refractivity contribution in [2.24, 2.45) is 0 Å². The van der Waals surface area contributed by atoms with Crippen LogP contribution in [0, 0.1) is 5.82 Å². The highest BCUT2D eigenvalue weighted by atomic mass is 19.1. The Labute approximate surface area is 143 Å². The van der Waals surface area contributed by atoms with Gasteiger partial charge in [-0.15, -0.1) is 0 Å². The van der Waals surface area contributed by atoms with Gasteiger partial charge < -0.3 is 14.5 Å². The number of aromatic hydroxyl groups is 1. The van der Waals surface area contributed by atoms with E-state index in [9.17, 15) is 14.3 Å². The maximum atomic E-state index is 13.4. The van der Waals surface area contributed by atoms with E-state index in [0.717, 1.165) is 11.1 Å². The molecule has 2 aromatic carbocycles. The third kappa shape index (κ3) is 2.45. The normalized spacial score (nSPS) is 13.7. The minimum Gasteiger partial charge on any atom is -0.507 e. The topological polar surface area (TPSA) is 66.6 Å². The monoisotopic (exact) mass is 340 g/mol. The quantitative estimate of drug-likeness (QED) is 0.767. The SMILES string of the molecule is CC(C)c1cc(C(=O)N2Cc3ccc(F)cc3C2)c2oncc2c1O. The Morgan fingerprint density at radius 1 is 1.28 bits per heavy atom. The molecule has 0 radical (unpaired) electrons. The third-order valence-electron chi connectivity index (χ3n) is 4.67. The standard InChI is InChI=1S/C19H17FN2O3/c1-10(2)14-6-15(18-16(17(14)23)7-21-25-18)19(24)22-8-11-3-4-13(20)5-12(11)9-22/h3-7,10,23H,8-9H2,1-2H3. The molecular weight excluding hydrogens is 323 g/mol. The summed E-state index contributed by atoms with van der Waals surface area (Å²) in [6.07, 6.45) is 1.42. The molecule has 0 unspecified atom stereocenters. The van der Waals surface area contributed by atoms with Crippen LogP contribution in [0.25, 0.3) is 11.0 Å². The zero-order chi connectivity index (χ0) is 17.7. The summed E-state index contributed by atoms with van der Waals surface area (Å²) in [4.78, 5) is 14.7. The van der Waals surface area contributed by atoms with Crippen molar-refractivity contribution in [2.75, 3.05) is 0 Å². The van der Waals surface area contributed by atoms with Gasteiger partial charge in [0.15, 0.2) is 5.58 Å². The lowest BCUT2D eigenvalue weighted by molar-refractivity contribution is 0.0751. The summed E-state index contributed by atoms with van der Waals surface area (Å²) in [5.41, 5.74) is 3.05. The number of aromatic nitrogens is 1. The number of hydrogen-bond donors (Lipinski definition) is 1. The van der Waals surface area contributed by atoms with Gasteiger partial charge in [-0.1, -0.05) is 25.1 Å². The van der Waals surface area contributed by atoms with Crippen molar-refractivity contribution in [1.29, 1.82) is 0 Å². The average Bonchev–Trinajstić information content (AvgIpc) is 3.20.